The molecule has 5 rings (SSSR count). The Hall–Kier alpha value is -2.48. The number of nitrogens with zero attached hydrogens (tertiary/aromatic N) is 4. The van der Waals surface area contributed by atoms with Gasteiger partial charge in [0.05, 0.1) is 34.1 Å². The van der Waals surface area contributed by atoms with Crippen molar-refractivity contribution in [3.63, 3.8) is 0 Å². The van der Waals surface area contributed by atoms with Gasteiger partial charge in [-0.2, -0.15) is 23.1 Å². The first kappa shape index (κ1) is 28.1. The highest BCUT2D eigenvalue weighted by Gasteiger charge is 2.49. The first-order chi connectivity index (χ1) is 18.1. The predicted molar refractivity (Wildman–Crippen MR) is 133 cm³/mol. The van der Waals surface area contributed by atoms with Crippen LogP contribution < -0.4 is 9.47 Å². The Morgan fingerprint density at radius 3 is 2.59 bits per heavy atom. The fourth-order valence-corrected chi connectivity index (χ4v) is 5.84. The number of likely N-dealkylation sites (tertiary alicyclic amines) is 1. The fourth-order valence-electron chi connectivity index (χ4n) is 5.31. The molecule has 0 bridgehead atoms. The summed E-state index contributed by atoms with van der Waals surface area (Å²) in [5.41, 5.74) is -2.92. The van der Waals surface area contributed by atoms with Crippen molar-refractivity contribution in [3.8, 4) is 11.9 Å². The molecule has 3 aliphatic rings. The van der Waals surface area contributed by atoms with Crippen molar-refractivity contribution < 1.29 is 41.0 Å². The second-order valence-corrected chi connectivity index (χ2v) is 12.0. The van der Waals surface area contributed by atoms with E-state index in [-0.39, 0.29) is 43.4 Å². The minimum atomic E-state index is -4.86. The van der Waals surface area contributed by atoms with Crippen molar-refractivity contribution in [3.05, 3.63) is 21.9 Å². The molecule has 14 heteroatoms. The number of carbonyl (C=O) groups excluding carboxylic acids is 1. The Bertz CT molecular complexity index is 1280. The van der Waals surface area contributed by atoms with Crippen molar-refractivity contribution >= 4 is 32.9 Å². The molecule has 4 heterocycles. The summed E-state index contributed by atoms with van der Waals surface area (Å²) < 4.78 is 86.5. The molecule has 0 radical (unpaired) electrons. The number of halogens is 6. The molecule has 1 aromatic heterocycles. The average Bonchev–Trinajstić information content (AvgIpc) is 3.30. The second-order valence-electron chi connectivity index (χ2n) is 11.2. The molecule has 214 valence electrons. The van der Waals surface area contributed by atoms with Gasteiger partial charge in [0.1, 0.15) is 30.0 Å². The zero-order valence-electron chi connectivity index (χ0n) is 21.6. The van der Waals surface area contributed by atoms with E-state index in [1.807, 2.05) is 4.90 Å². The largest absolute Gasteiger partial charge is 0.470 e. The molecule has 0 unspecified atom stereocenters. The lowest BCUT2D eigenvalue weighted by Gasteiger charge is -2.39. The molecule has 2 atom stereocenters. The Morgan fingerprint density at radius 2 is 1.92 bits per heavy atom. The van der Waals surface area contributed by atoms with Gasteiger partial charge in [0, 0.05) is 13.0 Å². The van der Waals surface area contributed by atoms with E-state index in [1.165, 1.54) is 4.90 Å². The summed E-state index contributed by atoms with van der Waals surface area (Å²) in [7, 11) is 0. The average molecular weight is 623 g/mol. The predicted octanol–water partition coefficient (Wildman–Crippen LogP) is 5.50. The third-order valence-electron chi connectivity index (χ3n) is 7.13. The number of carbonyl (C=O) groups is 1. The van der Waals surface area contributed by atoms with Crippen LogP contribution in [0.2, 0.25) is 0 Å². The van der Waals surface area contributed by atoms with Crippen LogP contribution in [-0.2, 0) is 10.9 Å². The standard InChI is InChI=1S/C25H28BrF5N4O4/c1-23(2,3)39-22(36)34-10-14(11-34)38-20-15-7-16(25(29,30)31)17(26)18(28)19(15)32-21(33-20)37-12-24-5-4-6-35(24)9-13(27)8-24/h7,13-14H,4-6,8-12H2,1-3H3/t13-,24+/m1/s1. The topological polar surface area (TPSA) is 77.0 Å². The summed E-state index contributed by atoms with van der Waals surface area (Å²) >= 11 is 2.70. The van der Waals surface area contributed by atoms with Gasteiger partial charge in [-0.05, 0) is 62.2 Å². The molecule has 1 amide bonds. The molecule has 1 aromatic carbocycles. The van der Waals surface area contributed by atoms with Gasteiger partial charge in [-0.1, -0.05) is 0 Å². The second kappa shape index (κ2) is 9.86. The summed E-state index contributed by atoms with van der Waals surface area (Å²) in [4.78, 5) is 23.9. The molecule has 2 aromatic rings. The number of benzene rings is 1. The number of ether oxygens (including phenoxy) is 3. The number of fused-ring (bicyclic) bond motifs is 2. The Morgan fingerprint density at radius 1 is 1.21 bits per heavy atom. The van der Waals surface area contributed by atoms with Gasteiger partial charge in [-0.25, -0.2) is 13.6 Å². The van der Waals surface area contributed by atoms with Gasteiger partial charge >= 0.3 is 18.3 Å². The minimum absolute atomic E-state index is 0.0393. The third kappa shape index (κ3) is 5.59. The smallest absolute Gasteiger partial charge is 0.417 e. The Kier molecular flexibility index (Phi) is 7.09. The van der Waals surface area contributed by atoms with E-state index in [9.17, 15) is 22.4 Å². The van der Waals surface area contributed by atoms with Crippen LogP contribution in [0.3, 0.4) is 0 Å². The lowest BCUT2D eigenvalue weighted by molar-refractivity contribution is -0.138. The van der Waals surface area contributed by atoms with Crippen LogP contribution in [0.1, 0.15) is 45.6 Å². The van der Waals surface area contributed by atoms with E-state index in [1.54, 1.807) is 20.8 Å². The molecule has 0 saturated carbocycles. The monoisotopic (exact) mass is 622 g/mol. The molecule has 3 saturated heterocycles. The first-order valence-corrected chi connectivity index (χ1v) is 13.4. The van der Waals surface area contributed by atoms with Crippen molar-refractivity contribution in [2.75, 3.05) is 32.8 Å². The lowest BCUT2D eigenvalue weighted by atomic mass is 9.95. The van der Waals surface area contributed by atoms with E-state index in [0.29, 0.717) is 19.0 Å². The van der Waals surface area contributed by atoms with Gasteiger partial charge < -0.3 is 19.1 Å². The number of hydrogen-bond donors (Lipinski definition) is 0. The normalized spacial score (nSPS) is 24.1. The van der Waals surface area contributed by atoms with Crippen LogP contribution in [0.5, 0.6) is 11.9 Å². The maximum absolute atomic E-state index is 15.2. The summed E-state index contributed by atoms with van der Waals surface area (Å²) in [5.74, 6) is -1.55. The highest BCUT2D eigenvalue weighted by atomic mass is 79.9. The molecule has 3 aliphatic heterocycles. The van der Waals surface area contributed by atoms with Gasteiger partial charge in [0.15, 0.2) is 5.82 Å². The van der Waals surface area contributed by atoms with Crippen LogP contribution in [0.25, 0.3) is 10.9 Å². The highest BCUT2D eigenvalue weighted by molar-refractivity contribution is 9.10. The fraction of sp³-hybridized carbons (Fsp3) is 0.640. The number of alkyl halides is 4. The SMILES string of the molecule is CC(C)(C)OC(=O)N1CC(Oc2nc(OC[C@@]34CCCN3C[C@H](F)C4)nc3c(F)c(Br)c(C(F)(F)F)cc23)C1. The van der Waals surface area contributed by atoms with Crippen molar-refractivity contribution in [2.24, 2.45) is 0 Å². The van der Waals surface area contributed by atoms with E-state index < -0.39 is 57.1 Å². The minimum Gasteiger partial charge on any atom is -0.470 e. The molecule has 3 fully saturated rings. The maximum atomic E-state index is 15.2. The summed E-state index contributed by atoms with van der Waals surface area (Å²) in [6, 6.07) is 0.420. The van der Waals surface area contributed by atoms with E-state index >= 15 is 4.39 Å². The molecule has 0 aliphatic carbocycles. The first-order valence-electron chi connectivity index (χ1n) is 12.6. The molecular weight excluding hydrogens is 595 g/mol. The molecule has 8 nitrogen and oxygen atoms in total. The van der Waals surface area contributed by atoms with E-state index in [0.717, 1.165) is 13.0 Å². The maximum Gasteiger partial charge on any atom is 0.417 e. The van der Waals surface area contributed by atoms with Crippen molar-refractivity contribution in [1.29, 1.82) is 0 Å². The van der Waals surface area contributed by atoms with Gasteiger partial charge in [0.2, 0.25) is 5.88 Å². The summed E-state index contributed by atoms with van der Waals surface area (Å²) in [6.07, 6.45) is -5.18. The van der Waals surface area contributed by atoms with Gasteiger partial charge in [-0.15, -0.1) is 0 Å². The van der Waals surface area contributed by atoms with Crippen LogP contribution >= 0.6 is 15.9 Å². The highest BCUT2D eigenvalue weighted by Crippen LogP contribution is 2.43. The lowest BCUT2D eigenvalue weighted by Crippen LogP contribution is -2.57. The zero-order valence-corrected chi connectivity index (χ0v) is 23.2. The van der Waals surface area contributed by atoms with Crippen molar-refractivity contribution in [1.82, 2.24) is 19.8 Å². The number of rotatable bonds is 5. The molecular formula is C25H28BrF5N4O4. The van der Waals surface area contributed by atoms with Gasteiger partial charge in [-0.3, -0.25) is 4.90 Å². The molecule has 39 heavy (non-hydrogen) atoms. The number of aromatic nitrogens is 2. The zero-order chi connectivity index (χ0) is 28.3. The molecule has 0 N–H and O–H groups in total. The molecule has 0 spiro atoms. The van der Waals surface area contributed by atoms with Crippen LogP contribution in [-0.4, -0.2) is 82.1 Å². The quantitative estimate of drug-likeness (QED) is 0.407. The number of amides is 1. The Labute approximate surface area is 229 Å². The third-order valence-corrected chi connectivity index (χ3v) is 7.91. The van der Waals surface area contributed by atoms with Crippen LogP contribution in [0.15, 0.2) is 10.5 Å². The van der Waals surface area contributed by atoms with E-state index in [2.05, 4.69) is 25.9 Å². The van der Waals surface area contributed by atoms with Crippen LogP contribution in [0.4, 0.5) is 26.7 Å². The number of hydrogen-bond acceptors (Lipinski definition) is 7. The van der Waals surface area contributed by atoms with Crippen LogP contribution in [0, 0.1) is 5.82 Å². The van der Waals surface area contributed by atoms with E-state index in [4.69, 9.17) is 14.2 Å². The summed E-state index contributed by atoms with van der Waals surface area (Å²) in [5, 5.41) is -0.295. The Balaban J connectivity index is 1.43. The summed E-state index contributed by atoms with van der Waals surface area (Å²) in [6.45, 7) is 6.43. The van der Waals surface area contributed by atoms with Crippen molar-refractivity contribution in [2.45, 2.75) is 69.6 Å². The van der Waals surface area contributed by atoms with Gasteiger partial charge in [0.25, 0.3) is 0 Å².